The van der Waals surface area contributed by atoms with Gasteiger partial charge in [0.2, 0.25) is 0 Å². The van der Waals surface area contributed by atoms with Crippen molar-refractivity contribution in [1.29, 1.82) is 0 Å². The van der Waals surface area contributed by atoms with Crippen LogP contribution in [0.5, 0.6) is 0 Å². The fourth-order valence-electron chi connectivity index (χ4n) is 2.98. The molecular weight excluding hydrogens is 380 g/mol. The Balaban J connectivity index is 1.65. The quantitative estimate of drug-likeness (QED) is 0.654. The molecule has 2 aromatic carbocycles. The summed E-state index contributed by atoms with van der Waals surface area (Å²) < 4.78 is 1.68. The number of carbonyl (C=O) groups excluding carboxylic acids is 2. The zero-order valence-electron chi connectivity index (χ0n) is 17.5. The van der Waals surface area contributed by atoms with Crippen LogP contribution in [0.2, 0.25) is 0 Å². The monoisotopic (exact) mass is 406 g/mol. The second-order valence-corrected chi connectivity index (χ2v) is 7.35. The SMILES string of the molecule is CC(C)NC(=O)Nc1ccc(C(=O)N(C)C(C)c2ccc(-n3cncn3)cc2)cc1. The standard InChI is InChI=1S/C22H26N6O2/c1-15(2)25-22(30)26-19-9-5-18(6-10-19)21(29)27(4)16(3)17-7-11-20(12-8-17)28-14-23-13-24-28/h5-16H,1-4H3,(H2,25,26,30). The lowest BCUT2D eigenvalue weighted by Crippen LogP contribution is -2.34. The Morgan fingerprint density at radius 3 is 2.23 bits per heavy atom. The fourth-order valence-corrected chi connectivity index (χ4v) is 2.98. The van der Waals surface area contributed by atoms with Crippen LogP contribution in [0.25, 0.3) is 5.69 Å². The van der Waals surface area contributed by atoms with Gasteiger partial charge in [0.05, 0.1) is 11.7 Å². The Morgan fingerprint density at radius 2 is 1.67 bits per heavy atom. The smallest absolute Gasteiger partial charge is 0.319 e. The van der Waals surface area contributed by atoms with Gasteiger partial charge in [0.15, 0.2) is 0 Å². The molecule has 0 aliphatic rings. The number of rotatable bonds is 6. The molecule has 0 saturated carbocycles. The first-order valence-corrected chi connectivity index (χ1v) is 9.75. The molecule has 0 bridgehead atoms. The molecule has 0 saturated heterocycles. The topological polar surface area (TPSA) is 92.2 Å². The van der Waals surface area contributed by atoms with E-state index in [0.29, 0.717) is 11.3 Å². The normalized spacial score (nSPS) is 11.8. The van der Waals surface area contributed by atoms with Crippen LogP contribution >= 0.6 is 0 Å². The minimum Gasteiger partial charge on any atom is -0.336 e. The third kappa shape index (κ3) is 5.02. The van der Waals surface area contributed by atoms with Crippen molar-refractivity contribution in [2.24, 2.45) is 0 Å². The first kappa shape index (κ1) is 21.0. The van der Waals surface area contributed by atoms with Crippen LogP contribution in [-0.2, 0) is 0 Å². The highest BCUT2D eigenvalue weighted by Gasteiger charge is 2.19. The number of carbonyl (C=O) groups is 2. The zero-order valence-corrected chi connectivity index (χ0v) is 17.5. The van der Waals surface area contributed by atoms with E-state index < -0.39 is 0 Å². The summed E-state index contributed by atoms with van der Waals surface area (Å²) in [6.07, 6.45) is 3.12. The molecule has 1 unspecified atom stereocenters. The number of hydrogen-bond donors (Lipinski definition) is 2. The van der Waals surface area contributed by atoms with E-state index in [9.17, 15) is 9.59 Å². The van der Waals surface area contributed by atoms with Crippen LogP contribution in [0.15, 0.2) is 61.2 Å². The lowest BCUT2D eigenvalue weighted by molar-refractivity contribution is 0.0742. The first-order valence-electron chi connectivity index (χ1n) is 9.75. The van der Waals surface area contributed by atoms with Gasteiger partial charge in [-0.3, -0.25) is 4.79 Å². The number of anilines is 1. The van der Waals surface area contributed by atoms with Crippen molar-refractivity contribution in [3.05, 3.63) is 72.3 Å². The van der Waals surface area contributed by atoms with Crippen LogP contribution in [0.4, 0.5) is 10.5 Å². The average molecular weight is 406 g/mol. The van der Waals surface area contributed by atoms with E-state index in [-0.39, 0.29) is 24.0 Å². The predicted octanol–water partition coefficient (Wildman–Crippen LogP) is 3.63. The maximum absolute atomic E-state index is 12.9. The highest BCUT2D eigenvalue weighted by molar-refractivity contribution is 5.95. The summed E-state index contributed by atoms with van der Waals surface area (Å²) in [6, 6.07) is 14.4. The molecule has 3 amide bonds. The van der Waals surface area contributed by atoms with E-state index in [0.717, 1.165) is 11.3 Å². The fraction of sp³-hybridized carbons (Fsp3) is 0.273. The summed E-state index contributed by atoms with van der Waals surface area (Å²) >= 11 is 0. The van der Waals surface area contributed by atoms with Gasteiger partial charge in [-0.15, -0.1) is 0 Å². The number of amides is 3. The molecule has 1 atom stereocenters. The number of benzene rings is 2. The average Bonchev–Trinajstić information content (AvgIpc) is 3.27. The minimum atomic E-state index is -0.274. The molecule has 0 fully saturated rings. The summed E-state index contributed by atoms with van der Waals surface area (Å²) in [6.45, 7) is 5.76. The first-order chi connectivity index (χ1) is 14.3. The van der Waals surface area contributed by atoms with E-state index in [1.54, 1.807) is 47.2 Å². The molecular formula is C22H26N6O2. The van der Waals surface area contributed by atoms with Gasteiger partial charge in [0.25, 0.3) is 5.91 Å². The van der Waals surface area contributed by atoms with E-state index in [4.69, 9.17) is 0 Å². The Kier molecular flexibility index (Phi) is 6.46. The molecule has 8 heteroatoms. The second kappa shape index (κ2) is 9.21. The number of urea groups is 1. The lowest BCUT2D eigenvalue weighted by atomic mass is 10.1. The van der Waals surface area contributed by atoms with Gasteiger partial charge in [-0.1, -0.05) is 12.1 Å². The summed E-state index contributed by atoms with van der Waals surface area (Å²) in [4.78, 5) is 30.3. The van der Waals surface area contributed by atoms with Gasteiger partial charge in [0, 0.05) is 24.3 Å². The van der Waals surface area contributed by atoms with Gasteiger partial charge in [-0.25, -0.2) is 14.5 Å². The Hall–Kier alpha value is -3.68. The molecule has 156 valence electrons. The highest BCUT2D eigenvalue weighted by Crippen LogP contribution is 2.22. The molecule has 0 aliphatic carbocycles. The largest absolute Gasteiger partial charge is 0.336 e. The van der Waals surface area contributed by atoms with Gasteiger partial charge in [-0.05, 0) is 62.7 Å². The molecule has 0 spiro atoms. The van der Waals surface area contributed by atoms with Crippen LogP contribution in [0.3, 0.4) is 0 Å². The molecule has 30 heavy (non-hydrogen) atoms. The maximum atomic E-state index is 12.9. The number of hydrogen-bond acceptors (Lipinski definition) is 4. The van der Waals surface area contributed by atoms with Crippen LogP contribution in [0, 0.1) is 0 Å². The summed E-state index contributed by atoms with van der Waals surface area (Å²) in [5.74, 6) is -0.0963. The molecule has 1 aromatic heterocycles. The van der Waals surface area contributed by atoms with Crippen molar-refractivity contribution in [2.45, 2.75) is 32.9 Å². The molecule has 2 N–H and O–H groups in total. The van der Waals surface area contributed by atoms with E-state index in [1.165, 1.54) is 6.33 Å². The molecule has 8 nitrogen and oxygen atoms in total. The van der Waals surface area contributed by atoms with Gasteiger partial charge >= 0.3 is 6.03 Å². The summed E-state index contributed by atoms with van der Waals surface area (Å²) in [5, 5.41) is 9.62. The number of aromatic nitrogens is 3. The van der Waals surface area contributed by atoms with Crippen molar-refractivity contribution >= 4 is 17.6 Å². The van der Waals surface area contributed by atoms with Crippen molar-refractivity contribution < 1.29 is 9.59 Å². The molecule has 0 aliphatic heterocycles. The summed E-state index contributed by atoms with van der Waals surface area (Å²) in [7, 11) is 1.78. The Bertz CT molecular complexity index is 981. The van der Waals surface area contributed by atoms with Gasteiger partial charge in [-0.2, -0.15) is 5.10 Å². The third-order valence-corrected chi connectivity index (χ3v) is 4.77. The maximum Gasteiger partial charge on any atom is 0.319 e. The second-order valence-electron chi connectivity index (χ2n) is 7.35. The van der Waals surface area contributed by atoms with Crippen molar-refractivity contribution in [2.75, 3.05) is 12.4 Å². The minimum absolute atomic E-state index is 0.0475. The lowest BCUT2D eigenvalue weighted by Gasteiger charge is -2.25. The predicted molar refractivity (Wildman–Crippen MR) is 116 cm³/mol. The summed E-state index contributed by atoms with van der Waals surface area (Å²) in [5.41, 5.74) is 3.10. The highest BCUT2D eigenvalue weighted by atomic mass is 16.2. The molecule has 3 rings (SSSR count). The molecule has 0 radical (unpaired) electrons. The number of nitrogens with zero attached hydrogens (tertiary/aromatic N) is 4. The van der Waals surface area contributed by atoms with Crippen molar-refractivity contribution in [1.82, 2.24) is 25.0 Å². The van der Waals surface area contributed by atoms with Crippen LogP contribution in [-0.4, -0.2) is 44.7 Å². The van der Waals surface area contributed by atoms with Crippen LogP contribution in [0.1, 0.15) is 42.7 Å². The zero-order chi connectivity index (χ0) is 21.7. The number of nitrogens with one attached hydrogen (secondary N) is 2. The Morgan fingerprint density at radius 1 is 1.00 bits per heavy atom. The third-order valence-electron chi connectivity index (χ3n) is 4.77. The van der Waals surface area contributed by atoms with E-state index in [1.807, 2.05) is 45.0 Å². The van der Waals surface area contributed by atoms with E-state index in [2.05, 4.69) is 20.7 Å². The Labute approximate surface area is 175 Å². The molecule has 3 aromatic rings. The van der Waals surface area contributed by atoms with Crippen LogP contribution < -0.4 is 10.6 Å². The van der Waals surface area contributed by atoms with Gasteiger partial charge in [0.1, 0.15) is 12.7 Å². The van der Waals surface area contributed by atoms with E-state index >= 15 is 0 Å². The molecule has 1 heterocycles. The van der Waals surface area contributed by atoms with Gasteiger partial charge < -0.3 is 15.5 Å². The van der Waals surface area contributed by atoms with Crippen molar-refractivity contribution in [3.8, 4) is 5.69 Å². The van der Waals surface area contributed by atoms with Crippen molar-refractivity contribution in [3.63, 3.8) is 0 Å².